The molecular weight excluding hydrogens is 252 g/mol. The monoisotopic (exact) mass is 276 g/mol. The molecule has 1 aromatic rings. The lowest BCUT2D eigenvalue weighted by atomic mass is 9.87. The van der Waals surface area contributed by atoms with Crippen molar-refractivity contribution in [1.29, 1.82) is 0 Å². The molecule has 1 fully saturated rings. The van der Waals surface area contributed by atoms with Crippen LogP contribution in [-0.4, -0.2) is 54.5 Å². The third kappa shape index (κ3) is 3.81. The van der Waals surface area contributed by atoms with Crippen molar-refractivity contribution in [2.45, 2.75) is 18.9 Å². The van der Waals surface area contributed by atoms with Crippen LogP contribution in [0.1, 0.15) is 24.5 Å². The molecule has 0 spiro atoms. The van der Waals surface area contributed by atoms with E-state index in [0.717, 1.165) is 31.5 Å². The van der Waals surface area contributed by atoms with Gasteiger partial charge in [-0.15, -0.1) is 0 Å². The fraction of sp³-hybridized carbons (Fsp3) is 0.562. The molecule has 1 heterocycles. The van der Waals surface area contributed by atoms with E-state index in [9.17, 15) is 9.90 Å². The Hall–Kier alpha value is -1.39. The minimum Gasteiger partial charge on any atom is -0.388 e. The highest BCUT2D eigenvalue weighted by molar-refractivity contribution is 5.77. The highest BCUT2D eigenvalue weighted by Gasteiger charge is 2.27. The highest BCUT2D eigenvalue weighted by Crippen LogP contribution is 2.30. The second kappa shape index (κ2) is 6.86. The number of hydrogen-bond donors (Lipinski definition) is 1. The molecule has 0 aromatic heterocycles. The summed E-state index contributed by atoms with van der Waals surface area (Å²) in [6.45, 7) is 2.25. The lowest BCUT2D eigenvalue weighted by molar-refractivity contribution is -0.130. The smallest absolute Gasteiger partial charge is 0.236 e. The first-order chi connectivity index (χ1) is 9.58. The number of rotatable bonds is 4. The third-order valence-electron chi connectivity index (χ3n) is 4.08. The number of piperidine rings is 1. The van der Waals surface area contributed by atoms with Crippen LogP contribution in [0, 0.1) is 5.92 Å². The van der Waals surface area contributed by atoms with E-state index in [1.807, 2.05) is 30.3 Å². The Morgan fingerprint density at radius 2 is 1.90 bits per heavy atom. The number of nitrogens with zero attached hydrogens (tertiary/aromatic N) is 2. The first kappa shape index (κ1) is 15.0. The summed E-state index contributed by atoms with van der Waals surface area (Å²) in [5.74, 6) is 0.440. The summed E-state index contributed by atoms with van der Waals surface area (Å²) < 4.78 is 0. The number of likely N-dealkylation sites (tertiary alicyclic amines) is 1. The predicted octanol–water partition coefficient (Wildman–Crippen LogP) is 1.52. The SMILES string of the molecule is CN(C)C(=O)CN1CCC(C(O)c2ccccc2)CC1. The molecule has 1 unspecified atom stereocenters. The van der Waals surface area contributed by atoms with Gasteiger partial charge in [0.05, 0.1) is 12.6 Å². The van der Waals surface area contributed by atoms with Crippen LogP contribution in [-0.2, 0) is 4.79 Å². The second-order valence-corrected chi connectivity index (χ2v) is 5.76. The van der Waals surface area contributed by atoms with E-state index in [1.165, 1.54) is 0 Å². The largest absolute Gasteiger partial charge is 0.388 e. The molecule has 1 aromatic carbocycles. The van der Waals surface area contributed by atoms with Gasteiger partial charge >= 0.3 is 0 Å². The van der Waals surface area contributed by atoms with Gasteiger partial charge < -0.3 is 10.0 Å². The Bertz CT molecular complexity index is 425. The first-order valence-electron chi connectivity index (χ1n) is 7.23. The molecule has 0 radical (unpaired) electrons. The molecule has 4 heteroatoms. The molecule has 4 nitrogen and oxygen atoms in total. The van der Waals surface area contributed by atoms with Gasteiger partial charge in [-0.25, -0.2) is 0 Å². The molecule has 0 bridgehead atoms. The molecule has 1 aliphatic heterocycles. The van der Waals surface area contributed by atoms with Crippen LogP contribution in [0.25, 0.3) is 0 Å². The van der Waals surface area contributed by atoms with E-state index < -0.39 is 0 Å². The lowest BCUT2D eigenvalue weighted by Crippen LogP contribution is -2.42. The van der Waals surface area contributed by atoms with Gasteiger partial charge in [-0.05, 0) is 37.4 Å². The Labute approximate surface area is 121 Å². The molecule has 2 rings (SSSR count). The zero-order valence-corrected chi connectivity index (χ0v) is 12.3. The fourth-order valence-corrected chi connectivity index (χ4v) is 2.68. The van der Waals surface area contributed by atoms with E-state index in [0.29, 0.717) is 12.5 Å². The maximum absolute atomic E-state index is 11.7. The van der Waals surface area contributed by atoms with Crippen molar-refractivity contribution < 1.29 is 9.90 Å². The predicted molar refractivity (Wildman–Crippen MR) is 79.3 cm³/mol. The van der Waals surface area contributed by atoms with Gasteiger partial charge in [0.2, 0.25) is 5.91 Å². The van der Waals surface area contributed by atoms with Crippen LogP contribution in [0.5, 0.6) is 0 Å². The zero-order valence-electron chi connectivity index (χ0n) is 12.3. The van der Waals surface area contributed by atoms with Crippen molar-refractivity contribution in [3.05, 3.63) is 35.9 Å². The van der Waals surface area contributed by atoms with Gasteiger partial charge in [0, 0.05) is 14.1 Å². The van der Waals surface area contributed by atoms with Gasteiger partial charge in [0.15, 0.2) is 0 Å². The van der Waals surface area contributed by atoms with Gasteiger partial charge in [-0.3, -0.25) is 9.69 Å². The van der Waals surface area contributed by atoms with E-state index in [-0.39, 0.29) is 12.0 Å². The Morgan fingerprint density at radius 3 is 2.45 bits per heavy atom. The molecule has 1 aliphatic rings. The summed E-state index contributed by atoms with van der Waals surface area (Å²) in [7, 11) is 3.57. The van der Waals surface area contributed by atoms with Crippen molar-refractivity contribution in [3.63, 3.8) is 0 Å². The number of carbonyl (C=O) groups excluding carboxylic acids is 1. The van der Waals surface area contributed by atoms with Crippen LogP contribution in [0.15, 0.2) is 30.3 Å². The van der Waals surface area contributed by atoms with E-state index in [1.54, 1.807) is 19.0 Å². The third-order valence-corrected chi connectivity index (χ3v) is 4.08. The van der Waals surface area contributed by atoms with Gasteiger partial charge in [-0.2, -0.15) is 0 Å². The molecule has 0 saturated carbocycles. The maximum Gasteiger partial charge on any atom is 0.236 e. The summed E-state index contributed by atoms with van der Waals surface area (Å²) in [5, 5.41) is 10.4. The van der Waals surface area contributed by atoms with Crippen LogP contribution in [0.2, 0.25) is 0 Å². The second-order valence-electron chi connectivity index (χ2n) is 5.76. The number of hydrogen-bond acceptors (Lipinski definition) is 3. The Morgan fingerprint density at radius 1 is 1.30 bits per heavy atom. The van der Waals surface area contributed by atoms with Crippen LogP contribution >= 0.6 is 0 Å². The number of likely N-dealkylation sites (N-methyl/N-ethyl adjacent to an activating group) is 1. The molecule has 1 amide bonds. The van der Waals surface area contributed by atoms with Gasteiger partial charge in [0.25, 0.3) is 0 Å². The lowest BCUT2D eigenvalue weighted by Gasteiger charge is -2.34. The standard InChI is InChI=1S/C16H24N2O2/c1-17(2)15(19)12-18-10-8-14(9-11-18)16(20)13-6-4-3-5-7-13/h3-7,14,16,20H,8-12H2,1-2H3. The van der Waals surface area contributed by atoms with E-state index in [4.69, 9.17) is 0 Å². The maximum atomic E-state index is 11.7. The Balaban J connectivity index is 1.84. The molecule has 1 atom stereocenters. The minimum atomic E-state index is -0.386. The average molecular weight is 276 g/mol. The van der Waals surface area contributed by atoms with E-state index >= 15 is 0 Å². The number of aliphatic hydroxyl groups excluding tert-OH is 1. The molecular formula is C16H24N2O2. The zero-order chi connectivity index (χ0) is 14.5. The van der Waals surface area contributed by atoms with Crippen LogP contribution < -0.4 is 0 Å². The molecule has 0 aliphatic carbocycles. The normalized spacial score (nSPS) is 18.8. The number of benzene rings is 1. The van der Waals surface area contributed by atoms with Gasteiger partial charge in [-0.1, -0.05) is 30.3 Å². The summed E-state index contributed by atoms with van der Waals surface area (Å²) in [4.78, 5) is 15.5. The summed E-state index contributed by atoms with van der Waals surface area (Å²) in [5.41, 5.74) is 0.996. The number of aliphatic hydroxyl groups is 1. The minimum absolute atomic E-state index is 0.145. The van der Waals surface area contributed by atoms with Crippen molar-refractivity contribution in [2.24, 2.45) is 5.92 Å². The number of carbonyl (C=O) groups is 1. The van der Waals surface area contributed by atoms with Crippen molar-refractivity contribution >= 4 is 5.91 Å². The highest BCUT2D eigenvalue weighted by atomic mass is 16.3. The average Bonchev–Trinajstić information content (AvgIpc) is 2.48. The summed E-state index contributed by atoms with van der Waals surface area (Å²) in [6.07, 6.45) is 1.50. The van der Waals surface area contributed by atoms with Crippen molar-refractivity contribution in [3.8, 4) is 0 Å². The van der Waals surface area contributed by atoms with Crippen molar-refractivity contribution in [2.75, 3.05) is 33.7 Å². The molecule has 1 saturated heterocycles. The Kier molecular flexibility index (Phi) is 5.15. The van der Waals surface area contributed by atoms with Crippen LogP contribution in [0.4, 0.5) is 0 Å². The van der Waals surface area contributed by atoms with E-state index in [2.05, 4.69) is 4.90 Å². The fourth-order valence-electron chi connectivity index (χ4n) is 2.68. The summed E-state index contributed by atoms with van der Waals surface area (Å²) >= 11 is 0. The molecule has 110 valence electrons. The van der Waals surface area contributed by atoms with Gasteiger partial charge in [0.1, 0.15) is 0 Å². The quantitative estimate of drug-likeness (QED) is 0.907. The molecule has 1 N–H and O–H groups in total. The summed E-state index contributed by atoms with van der Waals surface area (Å²) in [6, 6.07) is 9.85. The first-order valence-corrected chi connectivity index (χ1v) is 7.23. The molecule has 20 heavy (non-hydrogen) atoms. The number of amides is 1. The topological polar surface area (TPSA) is 43.8 Å². The van der Waals surface area contributed by atoms with Crippen LogP contribution in [0.3, 0.4) is 0 Å². The van der Waals surface area contributed by atoms with Crippen molar-refractivity contribution in [1.82, 2.24) is 9.80 Å².